The molecule has 0 aromatic heterocycles. The van der Waals surface area contributed by atoms with Crippen molar-refractivity contribution in [3.8, 4) is 0 Å². The van der Waals surface area contributed by atoms with Crippen LogP contribution in [-0.2, 0) is 4.79 Å². The third kappa shape index (κ3) is 4.02. The summed E-state index contributed by atoms with van der Waals surface area (Å²) in [5.74, 6) is 1.58. The number of hydrogen-bond acceptors (Lipinski definition) is 2. The van der Waals surface area contributed by atoms with Gasteiger partial charge in [-0.15, -0.1) is 12.4 Å². The average Bonchev–Trinajstić information content (AvgIpc) is 3.20. The van der Waals surface area contributed by atoms with Crippen LogP contribution in [0.15, 0.2) is 24.3 Å². The fourth-order valence-corrected chi connectivity index (χ4v) is 3.46. The fourth-order valence-electron chi connectivity index (χ4n) is 3.46. The SMILES string of the molecule is Cc1ccccc1C1CC(C)N(C(=O)CNCC2CC2)C1.Cl. The largest absolute Gasteiger partial charge is 0.338 e. The lowest BCUT2D eigenvalue weighted by Gasteiger charge is -2.22. The van der Waals surface area contributed by atoms with E-state index in [2.05, 4.69) is 48.3 Å². The highest BCUT2D eigenvalue weighted by Gasteiger charge is 2.33. The first-order chi connectivity index (χ1) is 10.1. The van der Waals surface area contributed by atoms with Gasteiger partial charge in [-0.2, -0.15) is 0 Å². The third-order valence-corrected chi connectivity index (χ3v) is 4.93. The maximum atomic E-state index is 12.4. The summed E-state index contributed by atoms with van der Waals surface area (Å²) >= 11 is 0. The normalized spacial score (nSPS) is 24.2. The van der Waals surface area contributed by atoms with Gasteiger partial charge in [0, 0.05) is 18.5 Å². The van der Waals surface area contributed by atoms with Crippen molar-refractivity contribution in [1.29, 1.82) is 0 Å². The quantitative estimate of drug-likeness (QED) is 0.903. The van der Waals surface area contributed by atoms with E-state index in [1.165, 1.54) is 24.0 Å². The fraction of sp³-hybridized carbons (Fsp3) is 0.611. The number of hydrogen-bond donors (Lipinski definition) is 1. The Labute approximate surface area is 139 Å². The standard InChI is InChI=1S/C18H26N2O.ClH/c1-13-5-3-4-6-17(13)16-9-14(2)20(12-16)18(21)11-19-10-15-7-8-15;/h3-6,14-16,19H,7-12H2,1-2H3;1H. The van der Waals surface area contributed by atoms with E-state index >= 15 is 0 Å². The van der Waals surface area contributed by atoms with Crippen LogP contribution in [-0.4, -0.2) is 36.5 Å². The van der Waals surface area contributed by atoms with Gasteiger partial charge in [-0.05, 0) is 56.7 Å². The van der Waals surface area contributed by atoms with Crippen LogP contribution in [0.3, 0.4) is 0 Å². The molecule has 1 heterocycles. The lowest BCUT2D eigenvalue weighted by molar-refractivity contribution is -0.130. The number of nitrogens with zero attached hydrogens (tertiary/aromatic N) is 1. The first-order valence-corrected chi connectivity index (χ1v) is 8.21. The van der Waals surface area contributed by atoms with E-state index in [4.69, 9.17) is 0 Å². The monoisotopic (exact) mass is 322 g/mol. The summed E-state index contributed by atoms with van der Waals surface area (Å²) in [6, 6.07) is 8.93. The molecule has 4 heteroatoms. The highest BCUT2D eigenvalue weighted by Crippen LogP contribution is 2.33. The molecule has 122 valence electrons. The molecule has 0 radical (unpaired) electrons. The Bertz CT molecular complexity index is 516. The molecule has 1 aliphatic heterocycles. The minimum absolute atomic E-state index is 0. The van der Waals surface area contributed by atoms with Gasteiger partial charge in [-0.3, -0.25) is 4.79 Å². The predicted molar refractivity (Wildman–Crippen MR) is 92.6 cm³/mol. The van der Waals surface area contributed by atoms with Crippen molar-refractivity contribution in [1.82, 2.24) is 10.2 Å². The Morgan fingerprint density at radius 1 is 1.32 bits per heavy atom. The lowest BCUT2D eigenvalue weighted by Crippen LogP contribution is -2.40. The van der Waals surface area contributed by atoms with E-state index in [0.29, 0.717) is 18.5 Å². The molecular weight excluding hydrogens is 296 g/mol. The Hall–Kier alpha value is -1.06. The molecule has 2 unspecified atom stereocenters. The molecular formula is C18H27ClN2O. The molecule has 1 N–H and O–H groups in total. The van der Waals surface area contributed by atoms with Crippen LogP contribution in [0.5, 0.6) is 0 Å². The van der Waals surface area contributed by atoms with Crippen molar-refractivity contribution in [3.63, 3.8) is 0 Å². The second-order valence-corrected chi connectivity index (χ2v) is 6.76. The summed E-state index contributed by atoms with van der Waals surface area (Å²) in [4.78, 5) is 14.4. The smallest absolute Gasteiger partial charge is 0.236 e. The molecule has 1 aliphatic carbocycles. The maximum absolute atomic E-state index is 12.4. The van der Waals surface area contributed by atoms with Crippen LogP contribution in [0, 0.1) is 12.8 Å². The zero-order valence-corrected chi connectivity index (χ0v) is 14.4. The van der Waals surface area contributed by atoms with E-state index in [1.54, 1.807) is 0 Å². The van der Waals surface area contributed by atoms with Crippen molar-refractivity contribution in [3.05, 3.63) is 35.4 Å². The number of carbonyl (C=O) groups is 1. The molecule has 1 aromatic carbocycles. The molecule has 3 rings (SSSR count). The molecule has 22 heavy (non-hydrogen) atoms. The second-order valence-electron chi connectivity index (χ2n) is 6.76. The van der Waals surface area contributed by atoms with Gasteiger partial charge >= 0.3 is 0 Å². The number of halogens is 1. The summed E-state index contributed by atoms with van der Waals surface area (Å²) in [5, 5.41) is 3.32. The van der Waals surface area contributed by atoms with Gasteiger partial charge < -0.3 is 10.2 Å². The first kappa shape index (κ1) is 17.3. The number of likely N-dealkylation sites (tertiary alicyclic amines) is 1. The topological polar surface area (TPSA) is 32.3 Å². The Balaban J connectivity index is 0.00000176. The summed E-state index contributed by atoms with van der Waals surface area (Å²) < 4.78 is 0. The van der Waals surface area contributed by atoms with Crippen LogP contribution in [0.1, 0.15) is 43.2 Å². The summed E-state index contributed by atoms with van der Waals surface area (Å²) in [7, 11) is 0. The van der Waals surface area contributed by atoms with Gasteiger partial charge in [0.1, 0.15) is 0 Å². The van der Waals surface area contributed by atoms with Gasteiger partial charge in [-0.1, -0.05) is 24.3 Å². The minimum atomic E-state index is 0. The molecule has 1 saturated heterocycles. The average molecular weight is 323 g/mol. The molecule has 0 bridgehead atoms. The van der Waals surface area contributed by atoms with Crippen LogP contribution < -0.4 is 5.32 Å². The van der Waals surface area contributed by atoms with E-state index in [1.807, 2.05) is 0 Å². The van der Waals surface area contributed by atoms with Gasteiger partial charge in [0.25, 0.3) is 0 Å². The molecule has 2 atom stereocenters. The summed E-state index contributed by atoms with van der Waals surface area (Å²) in [5.41, 5.74) is 2.75. The lowest BCUT2D eigenvalue weighted by atomic mass is 9.93. The molecule has 1 amide bonds. The van der Waals surface area contributed by atoms with E-state index in [9.17, 15) is 4.79 Å². The van der Waals surface area contributed by atoms with Gasteiger partial charge in [-0.25, -0.2) is 0 Å². The van der Waals surface area contributed by atoms with Crippen molar-refractivity contribution in [2.75, 3.05) is 19.6 Å². The van der Waals surface area contributed by atoms with Gasteiger partial charge in [0.2, 0.25) is 5.91 Å². The van der Waals surface area contributed by atoms with E-state index in [-0.39, 0.29) is 18.3 Å². The second kappa shape index (κ2) is 7.47. The zero-order valence-electron chi connectivity index (χ0n) is 13.5. The number of aryl methyl sites for hydroxylation is 1. The van der Waals surface area contributed by atoms with Crippen molar-refractivity contribution in [2.24, 2.45) is 5.92 Å². The third-order valence-electron chi connectivity index (χ3n) is 4.93. The summed E-state index contributed by atoms with van der Waals surface area (Å²) in [6.07, 6.45) is 3.74. The van der Waals surface area contributed by atoms with Crippen molar-refractivity contribution in [2.45, 2.75) is 45.1 Å². The van der Waals surface area contributed by atoms with Gasteiger partial charge in [0.15, 0.2) is 0 Å². The van der Waals surface area contributed by atoms with Crippen LogP contribution >= 0.6 is 12.4 Å². The van der Waals surface area contributed by atoms with E-state index in [0.717, 1.165) is 25.4 Å². The maximum Gasteiger partial charge on any atom is 0.236 e. The summed E-state index contributed by atoms with van der Waals surface area (Å²) in [6.45, 7) is 6.73. The molecule has 1 aromatic rings. The highest BCUT2D eigenvalue weighted by atomic mass is 35.5. The Kier molecular flexibility index (Phi) is 5.87. The number of carbonyl (C=O) groups excluding carboxylic acids is 1. The molecule has 0 spiro atoms. The number of amides is 1. The highest BCUT2D eigenvalue weighted by molar-refractivity contribution is 5.85. The predicted octanol–water partition coefficient (Wildman–Crippen LogP) is 3.12. The number of rotatable bonds is 5. The van der Waals surface area contributed by atoms with Gasteiger partial charge in [0.05, 0.1) is 6.54 Å². The Morgan fingerprint density at radius 3 is 2.73 bits per heavy atom. The molecule has 1 saturated carbocycles. The van der Waals surface area contributed by atoms with Crippen molar-refractivity contribution >= 4 is 18.3 Å². The minimum Gasteiger partial charge on any atom is -0.338 e. The number of benzene rings is 1. The first-order valence-electron chi connectivity index (χ1n) is 8.21. The van der Waals surface area contributed by atoms with Crippen molar-refractivity contribution < 1.29 is 4.79 Å². The van der Waals surface area contributed by atoms with Crippen LogP contribution in [0.2, 0.25) is 0 Å². The van der Waals surface area contributed by atoms with E-state index < -0.39 is 0 Å². The number of nitrogens with one attached hydrogen (secondary N) is 1. The van der Waals surface area contributed by atoms with Crippen LogP contribution in [0.25, 0.3) is 0 Å². The van der Waals surface area contributed by atoms with Crippen LogP contribution in [0.4, 0.5) is 0 Å². The molecule has 2 fully saturated rings. The molecule has 3 nitrogen and oxygen atoms in total. The molecule has 2 aliphatic rings. The Morgan fingerprint density at radius 2 is 2.05 bits per heavy atom. The zero-order chi connectivity index (χ0) is 14.8.